The van der Waals surface area contributed by atoms with Crippen LogP contribution in [0, 0.1) is 0 Å². The molecular formula is C15H17N5OS. The van der Waals surface area contributed by atoms with E-state index in [9.17, 15) is 0 Å². The molecular weight excluding hydrogens is 298 g/mol. The number of hydrogen-bond donors (Lipinski definition) is 0. The molecule has 7 heteroatoms. The highest BCUT2D eigenvalue weighted by Crippen LogP contribution is 2.28. The summed E-state index contributed by atoms with van der Waals surface area (Å²) >= 11 is 1.62. The van der Waals surface area contributed by atoms with E-state index in [0.717, 1.165) is 30.1 Å². The second-order valence-corrected chi connectivity index (χ2v) is 6.53. The molecule has 0 amide bonds. The monoisotopic (exact) mass is 315 g/mol. The summed E-state index contributed by atoms with van der Waals surface area (Å²) in [4.78, 5) is 12.4. The predicted molar refractivity (Wildman–Crippen MR) is 83.3 cm³/mol. The number of imidazole rings is 1. The Kier molecular flexibility index (Phi) is 3.31. The molecule has 0 fully saturated rings. The van der Waals surface area contributed by atoms with E-state index in [1.54, 1.807) is 11.3 Å². The van der Waals surface area contributed by atoms with Crippen molar-refractivity contribution in [2.75, 3.05) is 6.54 Å². The molecule has 0 aromatic carbocycles. The summed E-state index contributed by atoms with van der Waals surface area (Å²) in [5.41, 5.74) is 2.48. The molecule has 0 aliphatic carbocycles. The fourth-order valence-electron chi connectivity index (χ4n) is 2.88. The van der Waals surface area contributed by atoms with E-state index in [-0.39, 0.29) is 6.04 Å². The fourth-order valence-corrected chi connectivity index (χ4v) is 3.52. The van der Waals surface area contributed by atoms with Crippen LogP contribution in [0.1, 0.15) is 30.2 Å². The van der Waals surface area contributed by atoms with Crippen molar-refractivity contribution in [1.82, 2.24) is 24.6 Å². The van der Waals surface area contributed by atoms with Crippen LogP contribution >= 0.6 is 11.3 Å². The summed E-state index contributed by atoms with van der Waals surface area (Å²) in [5, 5.41) is 6.12. The first kappa shape index (κ1) is 13.7. The minimum atomic E-state index is 0.0939. The molecule has 114 valence electrons. The zero-order valence-electron chi connectivity index (χ0n) is 12.6. The SMILES string of the molecule is C[C@@H](c1nc(-c2cccs2)no1)N1CCc2c(ncn2C)C1. The van der Waals surface area contributed by atoms with Gasteiger partial charge in [0.1, 0.15) is 0 Å². The smallest absolute Gasteiger partial charge is 0.244 e. The lowest BCUT2D eigenvalue weighted by Crippen LogP contribution is -2.33. The summed E-state index contributed by atoms with van der Waals surface area (Å²) in [6.45, 7) is 3.91. The molecule has 0 radical (unpaired) electrons. The van der Waals surface area contributed by atoms with Gasteiger partial charge in [0.15, 0.2) is 0 Å². The minimum absolute atomic E-state index is 0.0939. The Hall–Kier alpha value is -1.99. The Labute approximate surface area is 132 Å². The van der Waals surface area contributed by atoms with Gasteiger partial charge >= 0.3 is 0 Å². The Morgan fingerprint density at radius 3 is 3.14 bits per heavy atom. The molecule has 0 unspecified atom stereocenters. The van der Waals surface area contributed by atoms with Crippen LogP contribution in [0.5, 0.6) is 0 Å². The molecule has 4 rings (SSSR count). The van der Waals surface area contributed by atoms with Crippen LogP contribution < -0.4 is 0 Å². The van der Waals surface area contributed by atoms with Crippen LogP contribution in [0.2, 0.25) is 0 Å². The number of rotatable bonds is 3. The normalized spacial score (nSPS) is 16.6. The largest absolute Gasteiger partial charge is 0.337 e. The van der Waals surface area contributed by atoms with Crippen molar-refractivity contribution in [3.8, 4) is 10.7 Å². The van der Waals surface area contributed by atoms with E-state index in [4.69, 9.17) is 4.52 Å². The summed E-state index contributed by atoms with van der Waals surface area (Å²) in [7, 11) is 2.05. The molecule has 0 bridgehead atoms. The number of aromatic nitrogens is 4. The third-order valence-electron chi connectivity index (χ3n) is 4.22. The van der Waals surface area contributed by atoms with Gasteiger partial charge in [-0.05, 0) is 18.4 Å². The number of fused-ring (bicyclic) bond motifs is 1. The van der Waals surface area contributed by atoms with E-state index in [1.165, 1.54) is 5.69 Å². The maximum atomic E-state index is 5.47. The number of thiophene rings is 1. The standard InChI is InChI=1S/C15H17N5OS/c1-10(15-17-14(18-21-15)13-4-3-7-22-13)20-6-5-12-11(8-20)16-9-19(12)2/h3-4,7,9-10H,5-6,8H2,1-2H3/t10-/m0/s1. The van der Waals surface area contributed by atoms with Crippen molar-refractivity contribution in [2.24, 2.45) is 7.05 Å². The molecule has 1 aliphatic heterocycles. The molecule has 0 saturated heterocycles. The topological polar surface area (TPSA) is 60.0 Å². The summed E-state index contributed by atoms with van der Waals surface area (Å²) in [6.07, 6.45) is 2.89. The van der Waals surface area contributed by atoms with Gasteiger partial charge in [-0.25, -0.2) is 4.98 Å². The van der Waals surface area contributed by atoms with Crippen LogP contribution in [0.15, 0.2) is 28.4 Å². The zero-order chi connectivity index (χ0) is 15.1. The van der Waals surface area contributed by atoms with Crippen LogP contribution in [-0.2, 0) is 20.0 Å². The molecule has 1 aliphatic rings. The highest BCUT2D eigenvalue weighted by Gasteiger charge is 2.27. The molecule has 0 saturated carbocycles. The Morgan fingerprint density at radius 2 is 2.32 bits per heavy atom. The first-order chi connectivity index (χ1) is 10.7. The van der Waals surface area contributed by atoms with Gasteiger partial charge in [-0.2, -0.15) is 4.98 Å². The molecule has 4 heterocycles. The Balaban J connectivity index is 1.54. The van der Waals surface area contributed by atoms with E-state index in [1.807, 2.05) is 23.8 Å². The maximum absolute atomic E-state index is 5.47. The Morgan fingerprint density at radius 1 is 1.41 bits per heavy atom. The summed E-state index contributed by atoms with van der Waals surface area (Å²) < 4.78 is 7.58. The van der Waals surface area contributed by atoms with Crippen LogP contribution in [0.4, 0.5) is 0 Å². The lowest BCUT2D eigenvalue weighted by Gasteiger charge is -2.29. The van der Waals surface area contributed by atoms with Crippen LogP contribution in [0.3, 0.4) is 0 Å². The molecule has 0 spiro atoms. The predicted octanol–water partition coefficient (Wildman–Crippen LogP) is 2.65. The molecule has 1 atom stereocenters. The second-order valence-electron chi connectivity index (χ2n) is 5.58. The van der Waals surface area contributed by atoms with Gasteiger partial charge < -0.3 is 9.09 Å². The first-order valence-corrected chi connectivity index (χ1v) is 8.21. The van der Waals surface area contributed by atoms with Crippen molar-refractivity contribution in [1.29, 1.82) is 0 Å². The zero-order valence-corrected chi connectivity index (χ0v) is 13.4. The average molecular weight is 315 g/mol. The highest BCUT2D eigenvalue weighted by atomic mass is 32.1. The van der Waals surface area contributed by atoms with Crippen molar-refractivity contribution in [3.05, 3.63) is 41.1 Å². The third-order valence-corrected chi connectivity index (χ3v) is 5.09. The minimum Gasteiger partial charge on any atom is -0.337 e. The average Bonchev–Trinajstić information content (AvgIpc) is 3.27. The number of aryl methyl sites for hydroxylation is 1. The lowest BCUT2D eigenvalue weighted by atomic mass is 10.1. The third kappa shape index (κ3) is 2.26. The van der Waals surface area contributed by atoms with Gasteiger partial charge in [0.05, 0.1) is 22.9 Å². The number of hydrogen-bond acceptors (Lipinski definition) is 6. The van der Waals surface area contributed by atoms with Gasteiger partial charge in [0.2, 0.25) is 11.7 Å². The van der Waals surface area contributed by atoms with E-state index in [0.29, 0.717) is 11.7 Å². The van der Waals surface area contributed by atoms with Crippen LogP contribution in [0.25, 0.3) is 10.7 Å². The van der Waals surface area contributed by atoms with Gasteiger partial charge in [0.25, 0.3) is 0 Å². The highest BCUT2D eigenvalue weighted by molar-refractivity contribution is 7.13. The summed E-state index contributed by atoms with van der Waals surface area (Å²) in [5.74, 6) is 1.34. The first-order valence-electron chi connectivity index (χ1n) is 7.33. The van der Waals surface area contributed by atoms with Gasteiger partial charge in [-0.3, -0.25) is 4.90 Å². The molecule has 3 aromatic rings. The van der Waals surface area contributed by atoms with E-state index >= 15 is 0 Å². The number of nitrogens with zero attached hydrogens (tertiary/aromatic N) is 5. The van der Waals surface area contributed by atoms with Crippen molar-refractivity contribution >= 4 is 11.3 Å². The Bertz CT molecular complexity index is 776. The van der Waals surface area contributed by atoms with Gasteiger partial charge in [-0.15, -0.1) is 11.3 Å². The lowest BCUT2D eigenvalue weighted by molar-refractivity contribution is 0.155. The second kappa shape index (κ2) is 5.33. The maximum Gasteiger partial charge on any atom is 0.244 e. The van der Waals surface area contributed by atoms with Crippen LogP contribution in [-0.4, -0.2) is 31.1 Å². The molecule has 3 aromatic heterocycles. The molecule has 6 nitrogen and oxygen atoms in total. The van der Waals surface area contributed by atoms with Crippen molar-refractivity contribution in [3.63, 3.8) is 0 Å². The van der Waals surface area contributed by atoms with E-state index < -0.39 is 0 Å². The van der Waals surface area contributed by atoms with Gasteiger partial charge in [0, 0.05) is 32.3 Å². The van der Waals surface area contributed by atoms with Crippen molar-refractivity contribution < 1.29 is 4.52 Å². The van der Waals surface area contributed by atoms with E-state index in [2.05, 4.69) is 38.6 Å². The fraction of sp³-hybridized carbons (Fsp3) is 0.400. The molecule has 22 heavy (non-hydrogen) atoms. The summed E-state index contributed by atoms with van der Waals surface area (Å²) in [6, 6.07) is 4.09. The molecule has 0 N–H and O–H groups in total. The van der Waals surface area contributed by atoms with Crippen molar-refractivity contribution in [2.45, 2.75) is 25.9 Å². The quantitative estimate of drug-likeness (QED) is 0.743. The van der Waals surface area contributed by atoms with Gasteiger partial charge in [-0.1, -0.05) is 11.2 Å².